The highest BCUT2D eigenvalue weighted by atomic mass is 35.5. The van der Waals surface area contributed by atoms with E-state index in [1.165, 1.54) is 14.7 Å². The molecule has 4 rings (SSSR count). The fourth-order valence-corrected chi connectivity index (χ4v) is 3.83. The lowest BCUT2D eigenvalue weighted by Gasteiger charge is -2.19. The Morgan fingerprint density at radius 3 is 2.19 bits per heavy atom. The highest BCUT2D eigenvalue weighted by Crippen LogP contribution is 2.23. The monoisotopic (exact) mass is 436 g/mol. The molecule has 0 bridgehead atoms. The average molecular weight is 437 g/mol. The normalized spacial score (nSPS) is 11.9. The van der Waals surface area contributed by atoms with Crippen molar-refractivity contribution in [2.45, 2.75) is 46.2 Å². The molecule has 0 aliphatic heterocycles. The SMILES string of the molecule is CCn1c(=O)c2c(ncn2Cc2ccc(C(C)(C)C)cc2)n(-c2ccc(Cl)cc2)c1=O. The average Bonchev–Trinajstić information content (AvgIpc) is 3.13. The second-order valence-corrected chi connectivity index (χ2v) is 9.07. The number of fused-ring (bicyclic) bond motifs is 1. The second kappa shape index (κ2) is 7.85. The minimum atomic E-state index is -0.415. The molecule has 0 N–H and O–H groups in total. The van der Waals surface area contributed by atoms with E-state index < -0.39 is 5.69 Å². The summed E-state index contributed by atoms with van der Waals surface area (Å²) in [5, 5.41) is 0.570. The van der Waals surface area contributed by atoms with Crippen LogP contribution in [0.1, 0.15) is 38.8 Å². The van der Waals surface area contributed by atoms with Crippen molar-refractivity contribution in [2.75, 3.05) is 0 Å². The van der Waals surface area contributed by atoms with E-state index in [-0.39, 0.29) is 17.5 Å². The van der Waals surface area contributed by atoms with Gasteiger partial charge in [-0.15, -0.1) is 0 Å². The number of rotatable bonds is 4. The third kappa shape index (κ3) is 3.83. The van der Waals surface area contributed by atoms with E-state index >= 15 is 0 Å². The molecular formula is C24H25ClN4O2. The first-order valence-electron chi connectivity index (χ1n) is 10.3. The Bertz CT molecular complexity index is 1350. The molecule has 0 aliphatic carbocycles. The molecule has 0 fully saturated rings. The Morgan fingerprint density at radius 1 is 0.968 bits per heavy atom. The van der Waals surface area contributed by atoms with Gasteiger partial charge in [0.1, 0.15) is 0 Å². The van der Waals surface area contributed by atoms with Gasteiger partial charge in [-0.1, -0.05) is 56.6 Å². The van der Waals surface area contributed by atoms with Gasteiger partial charge >= 0.3 is 5.69 Å². The van der Waals surface area contributed by atoms with E-state index in [0.717, 1.165) is 5.56 Å². The zero-order chi connectivity index (χ0) is 22.3. The maximum atomic E-state index is 13.1. The summed E-state index contributed by atoms with van der Waals surface area (Å²) in [6.45, 7) is 9.07. The lowest BCUT2D eigenvalue weighted by Crippen LogP contribution is -2.39. The van der Waals surface area contributed by atoms with Crippen LogP contribution in [0.5, 0.6) is 0 Å². The van der Waals surface area contributed by atoms with E-state index in [2.05, 4.69) is 50.0 Å². The fraction of sp³-hybridized carbons (Fsp3) is 0.292. The summed E-state index contributed by atoms with van der Waals surface area (Å²) in [5.74, 6) is 0. The van der Waals surface area contributed by atoms with Crippen LogP contribution in [0, 0.1) is 0 Å². The molecule has 160 valence electrons. The summed E-state index contributed by atoms with van der Waals surface area (Å²) in [5.41, 5.74) is 2.98. The standard InChI is InChI=1S/C24H25ClN4O2/c1-5-28-22(30)20-21(29(23(28)31)19-12-10-18(25)11-13-19)26-15-27(20)14-16-6-8-17(9-7-16)24(2,3)4/h6-13,15H,5,14H2,1-4H3. The molecule has 2 heterocycles. The molecule has 2 aromatic carbocycles. The van der Waals surface area contributed by atoms with Gasteiger partial charge in [-0.2, -0.15) is 0 Å². The molecule has 0 amide bonds. The lowest BCUT2D eigenvalue weighted by molar-refractivity contribution is 0.590. The van der Waals surface area contributed by atoms with E-state index in [1.807, 2.05) is 4.57 Å². The van der Waals surface area contributed by atoms with Crippen LogP contribution in [0.25, 0.3) is 16.9 Å². The summed E-state index contributed by atoms with van der Waals surface area (Å²) >= 11 is 6.01. The Balaban J connectivity index is 1.87. The molecule has 0 atom stereocenters. The highest BCUT2D eigenvalue weighted by Gasteiger charge is 2.19. The van der Waals surface area contributed by atoms with Crippen LogP contribution < -0.4 is 11.2 Å². The van der Waals surface area contributed by atoms with E-state index in [0.29, 0.717) is 28.4 Å². The van der Waals surface area contributed by atoms with Crippen LogP contribution in [-0.4, -0.2) is 18.7 Å². The van der Waals surface area contributed by atoms with Gasteiger partial charge in [0.15, 0.2) is 11.2 Å². The van der Waals surface area contributed by atoms with Crippen molar-refractivity contribution >= 4 is 22.8 Å². The third-order valence-electron chi connectivity index (χ3n) is 5.47. The Labute approximate surface area is 185 Å². The predicted octanol–water partition coefficient (Wildman–Crippen LogP) is 4.37. The van der Waals surface area contributed by atoms with Crippen molar-refractivity contribution in [3.63, 3.8) is 0 Å². The van der Waals surface area contributed by atoms with Crippen molar-refractivity contribution in [1.29, 1.82) is 0 Å². The van der Waals surface area contributed by atoms with E-state index in [4.69, 9.17) is 11.6 Å². The second-order valence-electron chi connectivity index (χ2n) is 8.64. The summed E-state index contributed by atoms with van der Waals surface area (Å²) in [7, 11) is 0. The van der Waals surface area contributed by atoms with Gasteiger partial charge in [0.05, 0.1) is 12.0 Å². The van der Waals surface area contributed by atoms with Crippen LogP contribution in [-0.2, 0) is 18.5 Å². The highest BCUT2D eigenvalue weighted by molar-refractivity contribution is 6.30. The van der Waals surface area contributed by atoms with Gasteiger partial charge in [0.25, 0.3) is 5.56 Å². The van der Waals surface area contributed by atoms with Gasteiger partial charge in [-0.3, -0.25) is 9.36 Å². The van der Waals surface area contributed by atoms with Crippen molar-refractivity contribution in [3.05, 3.63) is 91.8 Å². The minimum absolute atomic E-state index is 0.0732. The predicted molar refractivity (Wildman–Crippen MR) is 125 cm³/mol. The third-order valence-corrected chi connectivity index (χ3v) is 5.73. The number of imidazole rings is 1. The number of benzene rings is 2. The van der Waals surface area contributed by atoms with Gasteiger partial charge in [0.2, 0.25) is 0 Å². The molecule has 2 aromatic heterocycles. The molecule has 6 nitrogen and oxygen atoms in total. The largest absolute Gasteiger partial charge is 0.337 e. The molecule has 0 saturated carbocycles. The van der Waals surface area contributed by atoms with Crippen LogP contribution >= 0.6 is 11.6 Å². The van der Waals surface area contributed by atoms with Gasteiger partial charge in [-0.25, -0.2) is 14.3 Å². The van der Waals surface area contributed by atoms with Crippen molar-refractivity contribution in [3.8, 4) is 5.69 Å². The van der Waals surface area contributed by atoms with Gasteiger partial charge in [-0.05, 0) is 47.7 Å². The van der Waals surface area contributed by atoms with Crippen molar-refractivity contribution in [1.82, 2.24) is 18.7 Å². The number of hydrogen-bond acceptors (Lipinski definition) is 3. The summed E-state index contributed by atoms with van der Waals surface area (Å²) < 4.78 is 4.51. The first-order chi connectivity index (χ1) is 14.7. The Kier molecular flexibility index (Phi) is 5.35. The molecule has 0 aliphatic rings. The topological polar surface area (TPSA) is 61.8 Å². The first-order valence-corrected chi connectivity index (χ1v) is 10.6. The molecule has 0 saturated heterocycles. The summed E-state index contributed by atoms with van der Waals surface area (Å²) in [4.78, 5) is 30.7. The van der Waals surface area contributed by atoms with E-state index in [1.54, 1.807) is 37.5 Å². The smallest absolute Gasteiger partial charge is 0.320 e. The fourth-order valence-electron chi connectivity index (χ4n) is 3.71. The first kappa shape index (κ1) is 21.1. The lowest BCUT2D eigenvalue weighted by atomic mass is 9.87. The zero-order valence-corrected chi connectivity index (χ0v) is 18.8. The number of nitrogens with zero attached hydrogens (tertiary/aromatic N) is 4. The molecule has 0 radical (unpaired) electrons. The number of aromatic nitrogens is 4. The summed E-state index contributed by atoms with van der Waals surface area (Å²) in [6.07, 6.45) is 1.62. The quantitative estimate of drug-likeness (QED) is 0.477. The molecule has 31 heavy (non-hydrogen) atoms. The van der Waals surface area contributed by atoms with Gasteiger partial charge in [0, 0.05) is 18.1 Å². The van der Waals surface area contributed by atoms with Crippen LogP contribution in [0.15, 0.2) is 64.4 Å². The zero-order valence-electron chi connectivity index (χ0n) is 18.1. The summed E-state index contributed by atoms with van der Waals surface area (Å²) in [6, 6.07) is 15.3. The van der Waals surface area contributed by atoms with Crippen molar-refractivity contribution < 1.29 is 0 Å². The van der Waals surface area contributed by atoms with Crippen LogP contribution in [0.2, 0.25) is 5.02 Å². The van der Waals surface area contributed by atoms with Crippen LogP contribution in [0.3, 0.4) is 0 Å². The molecule has 0 spiro atoms. The molecule has 0 unspecified atom stereocenters. The maximum Gasteiger partial charge on any atom is 0.337 e. The number of hydrogen-bond donors (Lipinski definition) is 0. The molecule has 7 heteroatoms. The minimum Gasteiger partial charge on any atom is -0.320 e. The van der Waals surface area contributed by atoms with E-state index in [9.17, 15) is 9.59 Å². The number of halogens is 1. The Hall–Kier alpha value is -3.12. The Morgan fingerprint density at radius 2 is 1.61 bits per heavy atom. The maximum absolute atomic E-state index is 13.1. The molecule has 4 aromatic rings. The van der Waals surface area contributed by atoms with Crippen molar-refractivity contribution in [2.24, 2.45) is 0 Å². The van der Waals surface area contributed by atoms with Crippen LogP contribution in [0.4, 0.5) is 0 Å². The van der Waals surface area contributed by atoms with Gasteiger partial charge < -0.3 is 4.57 Å². The molecular weight excluding hydrogens is 412 g/mol.